The molecule has 0 aliphatic rings. The van der Waals surface area contributed by atoms with Gasteiger partial charge in [0.05, 0.1) is 18.3 Å². The first-order valence-corrected chi connectivity index (χ1v) is 4.64. The lowest BCUT2D eigenvalue weighted by atomic mass is 10.2. The molecule has 14 heavy (non-hydrogen) atoms. The minimum atomic E-state index is 0.173. The van der Waals surface area contributed by atoms with Crippen LogP contribution in [0.2, 0.25) is 0 Å². The predicted octanol–water partition coefficient (Wildman–Crippen LogP) is 0.645. The van der Waals surface area contributed by atoms with Crippen molar-refractivity contribution in [2.24, 2.45) is 0 Å². The number of nitrogens with zero attached hydrogens (tertiary/aromatic N) is 1. The fourth-order valence-electron chi connectivity index (χ4n) is 1.41. The van der Waals surface area contributed by atoms with E-state index < -0.39 is 0 Å². The Bertz CT molecular complexity index is 410. The highest BCUT2D eigenvalue weighted by Crippen LogP contribution is 2.12. The van der Waals surface area contributed by atoms with E-state index in [-0.39, 0.29) is 6.61 Å². The van der Waals surface area contributed by atoms with Crippen molar-refractivity contribution in [3.8, 4) is 0 Å². The summed E-state index contributed by atoms with van der Waals surface area (Å²) < 4.78 is 0. The van der Waals surface area contributed by atoms with E-state index in [1.165, 1.54) is 5.56 Å². The Labute approximate surface area is 81.9 Å². The molecular weight excluding hydrogens is 178 g/mol. The molecule has 1 aromatic carbocycles. The second-order valence-electron chi connectivity index (χ2n) is 3.19. The highest BCUT2D eigenvalue weighted by Gasteiger charge is 1.97. The topological polar surface area (TPSA) is 60.9 Å². The van der Waals surface area contributed by atoms with Gasteiger partial charge in [-0.3, -0.25) is 5.10 Å². The lowest BCUT2D eigenvalue weighted by Gasteiger charge is -2.02. The van der Waals surface area contributed by atoms with E-state index in [4.69, 9.17) is 5.11 Å². The molecule has 0 saturated heterocycles. The van der Waals surface area contributed by atoms with Crippen LogP contribution in [0.25, 0.3) is 10.9 Å². The molecule has 1 aromatic heterocycles. The minimum absolute atomic E-state index is 0.173. The van der Waals surface area contributed by atoms with Crippen LogP contribution in [-0.4, -0.2) is 28.5 Å². The van der Waals surface area contributed by atoms with Crippen LogP contribution in [0.5, 0.6) is 0 Å². The first-order valence-electron chi connectivity index (χ1n) is 4.64. The number of aromatic nitrogens is 2. The second-order valence-corrected chi connectivity index (χ2v) is 3.19. The Morgan fingerprint density at radius 3 is 3.21 bits per heavy atom. The number of hydrogen-bond donors (Lipinski definition) is 3. The maximum Gasteiger partial charge on any atom is 0.0653 e. The van der Waals surface area contributed by atoms with Crippen LogP contribution in [0.1, 0.15) is 5.56 Å². The Morgan fingerprint density at radius 1 is 1.43 bits per heavy atom. The number of aliphatic hydroxyl groups is 1. The summed E-state index contributed by atoms with van der Waals surface area (Å²) in [5, 5.41) is 19.7. The van der Waals surface area contributed by atoms with Gasteiger partial charge in [-0.05, 0) is 11.6 Å². The smallest absolute Gasteiger partial charge is 0.0653 e. The molecule has 0 atom stereocenters. The number of nitrogens with one attached hydrogen (secondary N) is 2. The fraction of sp³-hybridized carbons (Fsp3) is 0.300. The van der Waals surface area contributed by atoms with Gasteiger partial charge in [-0.25, -0.2) is 0 Å². The number of aromatic amines is 1. The quantitative estimate of drug-likeness (QED) is 0.622. The van der Waals surface area contributed by atoms with Gasteiger partial charge < -0.3 is 10.4 Å². The van der Waals surface area contributed by atoms with E-state index in [1.54, 1.807) is 6.20 Å². The number of fused-ring (bicyclic) bond motifs is 1. The van der Waals surface area contributed by atoms with Gasteiger partial charge in [0.2, 0.25) is 0 Å². The average Bonchev–Trinajstić information content (AvgIpc) is 2.65. The summed E-state index contributed by atoms with van der Waals surface area (Å²) in [6.45, 7) is 1.57. The van der Waals surface area contributed by atoms with Gasteiger partial charge >= 0.3 is 0 Å². The van der Waals surface area contributed by atoms with Crippen molar-refractivity contribution >= 4 is 10.9 Å². The monoisotopic (exact) mass is 191 g/mol. The molecule has 2 aromatic rings. The molecule has 2 rings (SSSR count). The van der Waals surface area contributed by atoms with Crippen molar-refractivity contribution < 1.29 is 5.11 Å². The number of benzene rings is 1. The van der Waals surface area contributed by atoms with Gasteiger partial charge in [0.15, 0.2) is 0 Å². The van der Waals surface area contributed by atoms with Crippen LogP contribution in [-0.2, 0) is 6.54 Å². The molecule has 74 valence electrons. The Balaban J connectivity index is 2.10. The van der Waals surface area contributed by atoms with E-state index in [0.717, 1.165) is 17.4 Å². The number of aliphatic hydroxyl groups excluding tert-OH is 1. The molecule has 0 unspecified atom stereocenters. The molecule has 4 nitrogen and oxygen atoms in total. The molecule has 0 aliphatic heterocycles. The van der Waals surface area contributed by atoms with Crippen molar-refractivity contribution in [2.45, 2.75) is 6.54 Å². The fourth-order valence-corrected chi connectivity index (χ4v) is 1.41. The molecule has 0 fully saturated rings. The third-order valence-electron chi connectivity index (χ3n) is 2.12. The van der Waals surface area contributed by atoms with E-state index in [0.29, 0.717) is 6.54 Å². The van der Waals surface area contributed by atoms with Crippen LogP contribution in [0.15, 0.2) is 24.4 Å². The van der Waals surface area contributed by atoms with Crippen molar-refractivity contribution in [1.82, 2.24) is 15.5 Å². The van der Waals surface area contributed by atoms with Gasteiger partial charge in [0.25, 0.3) is 0 Å². The van der Waals surface area contributed by atoms with Crippen molar-refractivity contribution in [1.29, 1.82) is 0 Å². The van der Waals surface area contributed by atoms with Crippen LogP contribution >= 0.6 is 0 Å². The van der Waals surface area contributed by atoms with Gasteiger partial charge in [-0.15, -0.1) is 0 Å². The summed E-state index contributed by atoms with van der Waals surface area (Å²) in [5.74, 6) is 0. The zero-order chi connectivity index (χ0) is 9.80. The second kappa shape index (κ2) is 4.21. The number of hydrogen-bond acceptors (Lipinski definition) is 3. The molecule has 4 heteroatoms. The third-order valence-corrected chi connectivity index (χ3v) is 2.12. The maximum atomic E-state index is 8.60. The van der Waals surface area contributed by atoms with Crippen molar-refractivity contribution in [3.63, 3.8) is 0 Å². The summed E-state index contributed by atoms with van der Waals surface area (Å²) in [7, 11) is 0. The summed E-state index contributed by atoms with van der Waals surface area (Å²) >= 11 is 0. The Kier molecular flexibility index (Phi) is 2.76. The van der Waals surface area contributed by atoms with E-state index in [2.05, 4.69) is 27.6 Å². The summed E-state index contributed by atoms with van der Waals surface area (Å²) in [5.41, 5.74) is 2.24. The number of H-pyrrole nitrogens is 1. The van der Waals surface area contributed by atoms with Crippen LogP contribution in [0, 0.1) is 0 Å². The highest BCUT2D eigenvalue weighted by atomic mass is 16.3. The molecular formula is C10H13N3O. The third kappa shape index (κ3) is 1.92. The van der Waals surface area contributed by atoms with Crippen LogP contribution in [0.4, 0.5) is 0 Å². The summed E-state index contributed by atoms with van der Waals surface area (Å²) in [6, 6.07) is 6.16. The van der Waals surface area contributed by atoms with Crippen molar-refractivity contribution in [2.75, 3.05) is 13.2 Å². The van der Waals surface area contributed by atoms with E-state index in [1.807, 2.05) is 6.07 Å². The van der Waals surface area contributed by atoms with Gasteiger partial charge in [0, 0.05) is 18.5 Å². The maximum absolute atomic E-state index is 8.60. The molecule has 0 amide bonds. The molecule has 1 heterocycles. The Morgan fingerprint density at radius 2 is 2.36 bits per heavy atom. The molecule has 0 saturated carbocycles. The van der Waals surface area contributed by atoms with Gasteiger partial charge in [0.1, 0.15) is 0 Å². The molecule has 0 spiro atoms. The zero-order valence-corrected chi connectivity index (χ0v) is 7.83. The highest BCUT2D eigenvalue weighted by molar-refractivity contribution is 5.78. The van der Waals surface area contributed by atoms with E-state index in [9.17, 15) is 0 Å². The lowest BCUT2D eigenvalue weighted by Crippen LogP contribution is -2.17. The van der Waals surface area contributed by atoms with Gasteiger partial charge in [-0.1, -0.05) is 12.1 Å². The minimum Gasteiger partial charge on any atom is -0.395 e. The average molecular weight is 191 g/mol. The first-order chi connectivity index (χ1) is 6.90. The normalized spacial score (nSPS) is 10.9. The van der Waals surface area contributed by atoms with Crippen LogP contribution in [0.3, 0.4) is 0 Å². The number of rotatable bonds is 4. The summed E-state index contributed by atoms with van der Waals surface area (Å²) in [6.07, 6.45) is 1.81. The zero-order valence-electron chi connectivity index (χ0n) is 7.83. The summed E-state index contributed by atoms with van der Waals surface area (Å²) in [4.78, 5) is 0. The molecule has 0 aliphatic carbocycles. The molecule has 0 bridgehead atoms. The molecule has 0 radical (unpaired) electrons. The lowest BCUT2D eigenvalue weighted by molar-refractivity contribution is 0.292. The molecule has 3 N–H and O–H groups in total. The standard InChI is InChI=1S/C10H13N3O/c14-4-3-11-6-8-1-2-9-7-12-13-10(9)5-8/h1-2,5,7,11,14H,3-4,6H2,(H,12,13). The van der Waals surface area contributed by atoms with Crippen LogP contribution < -0.4 is 5.32 Å². The van der Waals surface area contributed by atoms with Gasteiger partial charge in [-0.2, -0.15) is 5.10 Å². The first kappa shape index (κ1) is 9.18. The van der Waals surface area contributed by atoms with Crippen molar-refractivity contribution in [3.05, 3.63) is 30.0 Å². The Hall–Kier alpha value is -1.39. The van der Waals surface area contributed by atoms with E-state index >= 15 is 0 Å². The predicted molar refractivity (Wildman–Crippen MR) is 54.9 cm³/mol. The largest absolute Gasteiger partial charge is 0.395 e. The SMILES string of the molecule is OCCNCc1ccc2cn[nH]c2c1.